The fourth-order valence-electron chi connectivity index (χ4n) is 4.12. The molecule has 1 N–H and O–H groups in total. The topological polar surface area (TPSA) is 60.3 Å². The molecular formula is C20H22N2O3. The van der Waals surface area contributed by atoms with Gasteiger partial charge in [0.2, 0.25) is 0 Å². The van der Waals surface area contributed by atoms with Gasteiger partial charge in [-0.2, -0.15) is 0 Å². The predicted octanol–water partition coefficient (Wildman–Crippen LogP) is 2.61. The minimum absolute atomic E-state index is 0.0103. The number of nitrogens with zero attached hydrogens (tertiary/aromatic N) is 1. The molecule has 1 atom stereocenters. The van der Waals surface area contributed by atoms with Crippen LogP contribution in [0.5, 0.6) is 5.75 Å². The molecule has 0 spiro atoms. The van der Waals surface area contributed by atoms with E-state index in [4.69, 9.17) is 4.74 Å². The molecule has 2 aliphatic rings. The van der Waals surface area contributed by atoms with E-state index in [1.54, 1.807) is 4.57 Å². The third kappa shape index (κ3) is 2.73. The van der Waals surface area contributed by atoms with Crippen molar-refractivity contribution in [2.24, 2.45) is 0 Å². The van der Waals surface area contributed by atoms with Gasteiger partial charge in [0.1, 0.15) is 11.3 Å². The predicted molar refractivity (Wildman–Crippen MR) is 95.2 cm³/mol. The molecule has 0 saturated carbocycles. The summed E-state index contributed by atoms with van der Waals surface area (Å²) in [5, 5.41) is 3.18. The van der Waals surface area contributed by atoms with Gasteiger partial charge in [0.05, 0.1) is 13.2 Å². The van der Waals surface area contributed by atoms with E-state index >= 15 is 0 Å². The lowest BCUT2D eigenvalue weighted by atomic mass is 9.87. The summed E-state index contributed by atoms with van der Waals surface area (Å²) >= 11 is 0. The number of aryl methyl sites for hydroxylation is 1. The highest BCUT2D eigenvalue weighted by atomic mass is 16.5. The average Bonchev–Trinajstić information content (AvgIpc) is 3.12. The van der Waals surface area contributed by atoms with E-state index in [2.05, 4.69) is 17.4 Å². The molecule has 2 heterocycles. The summed E-state index contributed by atoms with van der Waals surface area (Å²) in [4.78, 5) is 25.2. The van der Waals surface area contributed by atoms with Crippen LogP contribution in [0.15, 0.2) is 35.1 Å². The van der Waals surface area contributed by atoms with E-state index in [1.165, 1.54) is 24.3 Å². The van der Waals surface area contributed by atoms with Crippen LogP contribution in [0.1, 0.15) is 52.5 Å². The van der Waals surface area contributed by atoms with Crippen molar-refractivity contribution in [2.45, 2.75) is 44.7 Å². The van der Waals surface area contributed by atoms with E-state index in [1.807, 2.05) is 12.1 Å². The first kappa shape index (κ1) is 15.9. The Morgan fingerprint density at radius 1 is 1.24 bits per heavy atom. The monoisotopic (exact) mass is 338 g/mol. The maximum Gasteiger partial charge on any atom is 0.257 e. The lowest BCUT2D eigenvalue weighted by Crippen LogP contribution is -2.33. The van der Waals surface area contributed by atoms with Crippen molar-refractivity contribution in [2.75, 3.05) is 7.11 Å². The average molecular weight is 338 g/mol. The van der Waals surface area contributed by atoms with Crippen LogP contribution in [0, 0.1) is 0 Å². The first-order valence-corrected chi connectivity index (χ1v) is 8.88. The van der Waals surface area contributed by atoms with Gasteiger partial charge >= 0.3 is 0 Å². The fourth-order valence-corrected chi connectivity index (χ4v) is 4.12. The number of nitrogens with one attached hydrogen (secondary N) is 1. The van der Waals surface area contributed by atoms with E-state index in [0.29, 0.717) is 17.9 Å². The van der Waals surface area contributed by atoms with Gasteiger partial charge < -0.3 is 14.6 Å². The maximum absolute atomic E-state index is 13.1. The van der Waals surface area contributed by atoms with Crippen molar-refractivity contribution < 1.29 is 9.53 Å². The zero-order valence-electron chi connectivity index (χ0n) is 14.4. The second kappa shape index (κ2) is 6.39. The highest BCUT2D eigenvalue weighted by molar-refractivity contribution is 5.98. The Labute approximate surface area is 146 Å². The summed E-state index contributed by atoms with van der Waals surface area (Å²) < 4.78 is 7.06. The van der Waals surface area contributed by atoms with Gasteiger partial charge in [-0.15, -0.1) is 0 Å². The molecule has 1 aromatic heterocycles. The number of methoxy groups -OCH3 is 1. The second-order valence-electron chi connectivity index (χ2n) is 6.74. The molecule has 0 bridgehead atoms. The molecule has 4 rings (SSSR count). The Balaban J connectivity index is 1.69. The van der Waals surface area contributed by atoms with Crippen molar-refractivity contribution in [3.8, 4) is 5.75 Å². The Morgan fingerprint density at radius 3 is 2.92 bits per heavy atom. The van der Waals surface area contributed by atoms with Crippen LogP contribution in [-0.4, -0.2) is 17.6 Å². The number of hydrogen-bond donors (Lipinski definition) is 1. The fraction of sp³-hybridized carbons (Fsp3) is 0.400. The van der Waals surface area contributed by atoms with Gasteiger partial charge in [-0.05, 0) is 43.2 Å². The van der Waals surface area contributed by atoms with Gasteiger partial charge in [-0.25, -0.2) is 0 Å². The highest BCUT2D eigenvalue weighted by Gasteiger charge is 2.28. The van der Waals surface area contributed by atoms with E-state index in [9.17, 15) is 9.59 Å². The molecule has 25 heavy (non-hydrogen) atoms. The molecular weight excluding hydrogens is 316 g/mol. The number of rotatable bonds is 3. The SMILES string of the molecule is COc1cc(=O)n2c(c1C(=O)N[C@H]1CCCc3ccccc31)CCC2. The Bertz CT molecular complexity index is 885. The smallest absolute Gasteiger partial charge is 0.257 e. The van der Waals surface area contributed by atoms with Crippen molar-refractivity contribution in [3.05, 3.63) is 63.1 Å². The molecule has 5 nitrogen and oxygen atoms in total. The first-order chi connectivity index (χ1) is 12.2. The van der Waals surface area contributed by atoms with Crippen molar-refractivity contribution in [1.82, 2.24) is 9.88 Å². The highest BCUT2D eigenvalue weighted by Crippen LogP contribution is 2.31. The normalized spacial score (nSPS) is 18.4. The van der Waals surface area contributed by atoms with Crippen LogP contribution in [0.2, 0.25) is 0 Å². The molecule has 0 fully saturated rings. The number of benzene rings is 1. The van der Waals surface area contributed by atoms with E-state index < -0.39 is 0 Å². The van der Waals surface area contributed by atoms with Crippen LogP contribution >= 0.6 is 0 Å². The van der Waals surface area contributed by atoms with Crippen LogP contribution in [0.25, 0.3) is 0 Å². The zero-order valence-corrected chi connectivity index (χ0v) is 14.4. The Hall–Kier alpha value is -2.56. The molecule has 1 aliphatic carbocycles. The minimum Gasteiger partial charge on any atom is -0.496 e. The number of amides is 1. The standard InChI is InChI=1S/C20H22N2O3/c1-25-17-12-18(23)22-11-5-10-16(22)19(17)20(24)21-15-9-4-7-13-6-2-3-8-14(13)15/h2-3,6,8,12,15H,4-5,7,9-11H2,1H3,(H,21,24)/t15-/m0/s1. The van der Waals surface area contributed by atoms with E-state index in [0.717, 1.165) is 37.8 Å². The summed E-state index contributed by atoms with van der Waals surface area (Å²) in [6.45, 7) is 0.671. The number of carbonyl (C=O) groups is 1. The lowest BCUT2D eigenvalue weighted by Gasteiger charge is -2.27. The number of hydrogen-bond acceptors (Lipinski definition) is 3. The van der Waals surface area contributed by atoms with Crippen LogP contribution in [-0.2, 0) is 19.4 Å². The van der Waals surface area contributed by atoms with Gasteiger partial charge in [0.15, 0.2) is 0 Å². The summed E-state index contributed by atoms with van der Waals surface area (Å²) in [6.07, 6.45) is 4.67. The number of carbonyl (C=O) groups excluding carboxylic acids is 1. The zero-order chi connectivity index (χ0) is 17.4. The van der Waals surface area contributed by atoms with E-state index in [-0.39, 0.29) is 17.5 Å². The molecule has 1 amide bonds. The van der Waals surface area contributed by atoms with Gasteiger partial charge in [0.25, 0.3) is 11.5 Å². The summed E-state index contributed by atoms with van der Waals surface area (Å²) in [5.41, 5.74) is 3.73. The minimum atomic E-state index is -0.149. The van der Waals surface area contributed by atoms with Crippen LogP contribution < -0.4 is 15.6 Å². The van der Waals surface area contributed by atoms with Crippen molar-refractivity contribution >= 4 is 5.91 Å². The molecule has 5 heteroatoms. The van der Waals surface area contributed by atoms with Gasteiger partial charge in [-0.3, -0.25) is 9.59 Å². The van der Waals surface area contributed by atoms with Gasteiger partial charge in [-0.1, -0.05) is 24.3 Å². The third-order valence-electron chi connectivity index (χ3n) is 5.30. The molecule has 1 aliphatic heterocycles. The maximum atomic E-state index is 13.1. The second-order valence-corrected chi connectivity index (χ2v) is 6.74. The Morgan fingerprint density at radius 2 is 2.08 bits per heavy atom. The summed E-state index contributed by atoms with van der Waals surface area (Å²) in [7, 11) is 1.51. The molecule has 0 radical (unpaired) electrons. The Kier molecular flexibility index (Phi) is 4.07. The van der Waals surface area contributed by atoms with Crippen LogP contribution in [0.3, 0.4) is 0 Å². The number of ether oxygens (including phenoxy) is 1. The first-order valence-electron chi connectivity index (χ1n) is 8.88. The van der Waals surface area contributed by atoms with Gasteiger partial charge in [0, 0.05) is 18.3 Å². The van der Waals surface area contributed by atoms with Crippen molar-refractivity contribution in [1.29, 1.82) is 0 Å². The lowest BCUT2D eigenvalue weighted by molar-refractivity contribution is 0.0928. The number of aromatic nitrogens is 1. The largest absolute Gasteiger partial charge is 0.496 e. The number of fused-ring (bicyclic) bond motifs is 2. The molecule has 0 unspecified atom stereocenters. The number of pyridine rings is 1. The summed E-state index contributed by atoms with van der Waals surface area (Å²) in [5.74, 6) is 0.226. The molecule has 130 valence electrons. The molecule has 2 aromatic rings. The summed E-state index contributed by atoms with van der Waals surface area (Å²) in [6, 6.07) is 9.73. The molecule has 1 aromatic carbocycles. The third-order valence-corrected chi connectivity index (χ3v) is 5.30. The quantitative estimate of drug-likeness (QED) is 0.936. The van der Waals surface area contributed by atoms with Crippen LogP contribution in [0.4, 0.5) is 0 Å². The molecule has 0 saturated heterocycles. The van der Waals surface area contributed by atoms with Crippen molar-refractivity contribution in [3.63, 3.8) is 0 Å².